The second kappa shape index (κ2) is 7.88. The molecule has 31 heavy (non-hydrogen) atoms. The highest BCUT2D eigenvalue weighted by atomic mass is 32.2. The van der Waals surface area contributed by atoms with E-state index < -0.39 is 15.6 Å². The van der Waals surface area contributed by atoms with Crippen LogP contribution in [0.3, 0.4) is 0 Å². The molecule has 0 unspecified atom stereocenters. The highest BCUT2D eigenvalue weighted by molar-refractivity contribution is 7.92. The van der Waals surface area contributed by atoms with E-state index in [9.17, 15) is 18.0 Å². The third-order valence-corrected chi connectivity index (χ3v) is 6.30. The van der Waals surface area contributed by atoms with Crippen molar-refractivity contribution < 1.29 is 27.5 Å². The van der Waals surface area contributed by atoms with Gasteiger partial charge in [0, 0.05) is 37.2 Å². The number of hydrogen-bond acceptors (Lipinski definition) is 6. The van der Waals surface area contributed by atoms with E-state index >= 15 is 0 Å². The van der Waals surface area contributed by atoms with Crippen molar-refractivity contribution in [3.05, 3.63) is 53.6 Å². The maximum absolute atomic E-state index is 12.9. The zero-order valence-electron chi connectivity index (χ0n) is 17.4. The summed E-state index contributed by atoms with van der Waals surface area (Å²) >= 11 is 0. The summed E-state index contributed by atoms with van der Waals surface area (Å²) in [5.74, 6) is 1.07. The van der Waals surface area contributed by atoms with Crippen LogP contribution >= 0.6 is 0 Å². The van der Waals surface area contributed by atoms with Gasteiger partial charge in [0.15, 0.2) is 5.78 Å². The SMILES string of the molecule is COc1ccc2c(c1)C(=O)CC1(CCN(C(=O)c3ccc(NS(C)(=O)=O)cc3)CC1)O2. The van der Waals surface area contributed by atoms with E-state index in [1.54, 1.807) is 54.5 Å². The van der Waals surface area contributed by atoms with Crippen LogP contribution in [0.1, 0.15) is 40.0 Å². The van der Waals surface area contributed by atoms with Gasteiger partial charge in [-0.25, -0.2) is 8.42 Å². The number of fused-ring (bicyclic) bond motifs is 1. The molecule has 8 nitrogen and oxygen atoms in total. The van der Waals surface area contributed by atoms with Crippen molar-refractivity contribution in [1.82, 2.24) is 4.90 Å². The summed E-state index contributed by atoms with van der Waals surface area (Å²) in [7, 11) is -1.81. The van der Waals surface area contributed by atoms with Gasteiger partial charge >= 0.3 is 0 Å². The van der Waals surface area contributed by atoms with Crippen molar-refractivity contribution in [2.75, 3.05) is 31.2 Å². The molecule has 0 aliphatic carbocycles. The van der Waals surface area contributed by atoms with Gasteiger partial charge in [-0.2, -0.15) is 0 Å². The lowest BCUT2D eigenvalue weighted by atomic mass is 9.82. The molecule has 2 aromatic carbocycles. The zero-order valence-corrected chi connectivity index (χ0v) is 18.2. The largest absolute Gasteiger partial charge is 0.497 e. The molecule has 4 rings (SSSR count). The van der Waals surface area contributed by atoms with E-state index in [2.05, 4.69) is 4.72 Å². The smallest absolute Gasteiger partial charge is 0.253 e. The summed E-state index contributed by atoms with van der Waals surface area (Å²) in [6.07, 6.45) is 2.47. The van der Waals surface area contributed by atoms with Crippen molar-refractivity contribution in [1.29, 1.82) is 0 Å². The first-order chi connectivity index (χ1) is 14.7. The number of nitrogens with zero attached hydrogens (tertiary/aromatic N) is 1. The molecule has 1 spiro atoms. The first-order valence-electron chi connectivity index (χ1n) is 9.95. The van der Waals surface area contributed by atoms with Gasteiger partial charge in [-0.15, -0.1) is 0 Å². The maximum atomic E-state index is 12.9. The lowest BCUT2D eigenvalue weighted by molar-refractivity contribution is -0.00576. The number of piperidine rings is 1. The van der Waals surface area contributed by atoms with Gasteiger partial charge in [0.05, 0.1) is 25.3 Å². The molecule has 0 radical (unpaired) electrons. The molecule has 164 valence electrons. The first kappa shape index (κ1) is 21.2. The van der Waals surface area contributed by atoms with Crippen LogP contribution in [-0.2, 0) is 10.0 Å². The molecule has 1 N–H and O–H groups in total. The summed E-state index contributed by atoms with van der Waals surface area (Å²) in [5, 5.41) is 0. The molecule has 1 fully saturated rings. The van der Waals surface area contributed by atoms with Crippen molar-refractivity contribution in [3.63, 3.8) is 0 Å². The van der Waals surface area contributed by atoms with Crippen molar-refractivity contribution in [2.24, 2.45) is 0 Å². The van der Waals surface area contributed by atoms with Crippen LogP contribution in [0.4, 0.5) is 5.69 Å². The monoisotopic (exact) mass is 444 g/mol. The molecule has 2 aromatic rings. The molecule has 0 aromatic heterocycles. The molecule has 0 atom stereocenters. The fourth-order valence-corrected chi connectivity index (χ4v) is 4.64. The number of sulfonamides is 1. The lowest BCUT2D eigenvalue weighted by Gasteiger charge is -2.44. The second-order valence-electron chi connectivity index (χ2n) is 7.99. The molecule has 0 bridgehead atoms. The number of carbonyl (C=O) groups excluding carboxylic acids is 2. The molecule has 2 heterocycles. The molecule has 1 saturated heterocycles. The minimum Gasteiger partial charge on any atom is -0.497 e. The molecule has 9 heteroatoms. The Morgan fingerprint density at radius 2 is 1.81 bits per heavy atom. The van der Waals surface area contributed by atoms with Crippen LogP contribution in [0.25, 0.3) is 0 Å². The number of carbonyl (C=O) groups is 2. The summed E-state index contributed by atoms with van der Waals surface area (Å²) in [6, 6.07) is 11.6. The number of amides is 1. The summed E-state index contributed by atoms with van der Waals surface area (Å²) in [5.41, 5.74) is 0.819. The molecule has 1 amide bonds. The molecular weight excluding hydrogens is 420 g/mol. The third kappa shape index (κ3) is 4.51. The van der Waals surface area contributed by atoms with E-state index in [1.165, 1.54) is 0 Å². The van der Waals surface area contributed by atoms with Crippen molar-refractivity contribution >= 4 is 27.4 Å². The number of nitrogens with one attached hydrogen (secondary N) is 1. The Kier molecular flexibility index (Phi) is 5.38. The number of methoxy groups -OCH3 is 1. The predicted molar refractivity (Wildman–Crippen MR) is 115 cm³/mol. The molecular formula is C22H24N2O6S. The van der Waals surface area contributed by atoms with Crippen LogP contribution < -0.4 is 14.2 Å². The van der Waals surface area contributed by atoms with Crippen molar-refractivity contribution in [2.45, 2.75) is 24.9 Å². The van der Waals surface area contributed by atoms with E-state index in [0.717, 1.165) is 6.26 Å². The summed E-state index contributed by atoms with van der Waals surface area (Å²) in [6.45, 7) is 0.946. The molecule has 0 saturated carbocycles. The normalized spacial score (nSPS) is 17.6. The predicted octanol–water partition coefficient (Wildman–Crippen LogP) is 2.71. The second-order valence-corrected chi connectivity index (χ2v) is 9.74. The van der Waals surface area contributed by atoms with Crippen LogP contribution in [0, 0.1) is 0 Å². The number of likely N-dealkylation sites (tertiary alicyclic amines) is 1. The average molecular weight is 445 g/mol. The van der Waals surface area contributed by atoms with E-state index in [1.807, 2.05) is 0 Å². The van der Waals surface area contributed by atoms with Crippen molar-refractivity contribution in [3.8, 4) is 11.5 Å². The van der Waals surface area contributed by atoms with Gasteiger partial charge in [-0.05, 0) is 42.5 Å². The summed E-state index contributed by atoms with van der Waals surface area (Å²) < 4.78 is 36.5. The average Bonchev–Trinajstić information content (AvgIpc) is 2.73. The Morgan fingerprint density at radius 1 is 1.13 bits per heavy atom. The van der Waals surface area contributed by atoms with Gasteiger partial charge in [0.2, 0.25) is 10.0 Å². The number of ketones is 1. The van der Waals surface area contributed by atoms with Gasteiger partial charge < -0.3 is 14.4 Å². The standard InChI is InChI=1S/C22H24N2O6S/c1-29-17-7-8-20-18(13-17)19(25)14-22(30-20)9-11-24(12-10-22)21(26)15-3-5-16(6-4-15)23-31(2,27)28/h3-8,13,23H,9-12,14H2,1-2H3. The topological polar surface area (TPSA) is 102 Å². The number of rotatable bonds is 4. The highest BCUT2D eigenvalue weighted by Crippen LogP contribution is 2.40. The minimum absolute atomic E-state index is 0.0221. The maximum Gasteiger partial charge on any atom is 0.253 e. The molecule has 2 aliphatic rings. The van der Waals surface area contributed by atoms with Gasteiger partial charge in [-0.3, -0.25) is 14.3 Å². The Morgan fingerprint density at radius 3 is 2.42 bits per heavy atom. The van der Waals surface area contributed by atoms with Gasteiger partial charge in [0.25, 0.3) is 5.91 Å². The summed E-state index contributed by atoms with van der Waals surface area (Å²) in [4.78, 5) is 27.3. The number of ether oxygens (including phenoxy) is 2. The number of Topliss-reactive ketones (excluding diaryl/α,β-unsaturated/α-hetero) is 1. The number of hydrogen-bond donors (Lipinski definition) is 1. The number of anilines is 1. The minimum atomic E-state index is -3.37. The Labute approximate surface area is 181 Å². The highest BCUT2D eigenvalue weighted by Gasteiger charge is 2.43. The van der Waals surface area contributed by atoms with Crippen LogP contribution in [0.2, 0.25) is 0 Å². The zero-order chi connectivity index (χ0) is 22.2. The Hall–Kier alpha value is -3.07. The lowest BCUT2D eigenvalue weighted by Crippen LogP contribution is -2.52. The quantitative estimate of drug-likeness (QED) is 0.778. The fraction of sp³-hybridized carbons (Fsp3) is 0.364. The molecule has 2 aliphatic heterocycles. The first-order valence-corrected chi connectivity index (χ1v) is 11.8. The third-order valence-electron chi connectivity index (χ3n) is 5.69. The Bertz CT molecular complexity index is 1120. The van der Waals surface area contributed by atoms with E-state index in [4.69, 9.17) is 9.47 Å². The Balaban J connectivity index is 1.42. The van der Waals surface area contributed by atoms with Crippen LogP contribution in [0.5, 0.6) is 11.5 Å². The van der Waals surface area contributed by atoms with Gasteiger partial charge in [0.1, 0.15) is 17.1 Å². The fourth-order valence-electron chi connectivity index (χ4n) is 4.07. The van der Waals surface area contributed by atoms with E-state index in [0.29, 0.717) is 54.2 Å². The number of benzene rings is 2. The van der Waals surface area contributed by atoms with E-state index in [-0.39, 0.29) is 18.1 Å². The van der Waals surface area contributed by atoms with Crippen LogP contribution in [-0.4, -0.2) is 57.1 Å². The van der Waals surface area contributed by atoms with Gasteiger partial charge in [-0.1, -0.05) is 0 Å². The van der Waals surface area contributed by atoms with Crippen LogP contribution in [0.15, 0.2) is 42.5 Å².